The molecular weight excluding hydrogens is 316 g/mol. The number of carbonyl (C=O) groups excluding carboxylic acids is 1. The molecule has 2 rings (SSSR count). The van der Waals surface area contributed by atoms with E-state index in [1.165, 1.54) is 5.56 Å². The van der Waals surface area contributed by atoms with E-state index in [0.29, 0.717) is 5.92 Å². The van der Waals surface area contributed by atoms with Crippen LogP contribution in [0.5, 0.6) is 0 Å². The topological polar surface area (TPSA) is 52.9 Å². The largest absolute Gasteiger partial charge is 0.342 e. The van der Waals surface area contributed by atoms with Gasteiger partial charge in [0.2, 0.25) is 5.91 Å². The first-order valence-corrected chi connectivity index (χ1v) is 8.95. The Morgan fingerprint density at radius 3 is 2.29 bits per heavy atom. The third-order valence-corrected chi connectivity index (χ3v) is 4.79. The van der Waals surface area contributed by atoms with Gasteiger partial charge in [0.1, 0.15) is 6.54 Å². The summed E-state index contributed by atoms with van der Waals surface area (Å²) in [5.41, 5.74) is 2.34. The Labute approximate surface area is 148 Å². The van der Waals surface area contributed by atoms with Crippen molar-refractivity contribution in [2.45, 2.75) is 30.4 Å². The molecule has 2 aromatic carbocycles. The smallest absolute Gasteiger partial charge is 0.234 e. The van der Waals surface area contributed by atoms with E-state index in [1.54, 1.807) is 11.8 Å². The van der Waals surface area contributed by atoms with Gasteiger partial charge >= 0.3 is 0 Å². The molecule has 0 fully saturated rings. The summed E-state index contributed by atoms with van der Waals surface area (Å²) in [6.07, 6.45) is 0.780. The van der Waals surface area contributed by atoms with Crippen molar-refractivity contribution in [3.63, 3.8) is 0 Å². The maximum absolute atomic E-state index is 12.2. The van der Waals surface area contributed by atoms with Crippen LogP contribution in [0.15, 0.2) is 59.5 Å². The summed E-state index contributed by atoms with van der Waals surface area (Å²) < 4.78 is 0. The van der Waals surface area contributed by atoms with Crippen LogP contribution >= 0.6 is 11.8 Å². The molecule has 1 N–H and O–H groups in total. The van der Waals surface area contributed by atoms with E-state index in [0.717, 1.165) is 16.9 Å². The standard InChI is InChI=1S/C20H22N2OS/c1-15(2)14-19(20(23)22-13-12-21)24-18-10-8-17(9-11-18)16-6-4-3-5-7-16/h3-11,15,19H,13-14H2,1-2H3,(H,22,23). The van der Waals surface area contributed by atoms with Crippen LogP contribution in [0.1, 0.15) is 20.3 Å². The van der Waals surface area contributed by atoms with Crippen molar-refractivity contribution >= 4 is 17.7 Å². The molecule has 4 heteroatoms. The van der Waals surface area contributed by atoms with E-state index in [4.69, 9.17) is 5.26 Å². The fourth-order valence-corrected chi connectivity index (χ4v) is 3.69. The summed E-state index contributed by atoms with van der Waals surface area (Å²) in [6.45, 7) is 4.26. The molecule has 0 aliphatic heterocycles. The maximum atomic E-state index is 12.2. The van der Waals surface area contributed by atoms with E-state index in [-0.39, 0.29) is 17.7 Å². The van der Waals surface area contributed by atoms with Crippen molar-refractivity contribution in [2.75, 3.05) is 6.54 Å². The Morgan fingerprint density at radius 1 is 1.08 bits per heavy atom. The van der Waals surface area contributed by atoms with E-state index in [1.807, 2.05) is 24.3 Å². The summed E-state index contributed by atoms with van der Waals surface area (Å²) in [6, 6.07) is 20.4. The van der Waals surface area contributed by atoms with Gasteiger partial charge in [0.15, 0.2) is 0 Å². The van der Waals surface area contributed by atoms with Gasteiger partial charge in [-0.3, -0.25) is 4.79 Å². The van der Waals surface area contributed by atoms with Gasteiger partial charge in [-0.25, -0.2) is 0 Å². The number of thioether (sulfide) groups is 1. The highest BCUT2D eigenvalue weighted by atomic mass is 32.2. The van der Waals surface area contributed by atoms with E-state index >= 15 is 0 Å². The van der Waals surface area contributed by atoms with Crippen LogP contribution < -0.4 is 5.32 Å². The number of nitrogens with one attached hydrogen (secondary N) is 1. The average Bonchev–Trinajstić information content (AvgIpc) is 2.60. The summed E-state index contributed by atoms with van der Waals surface area (Å²) in [5, 5.41) is 11.1. The number of amides is 1. The Kier molecular flexibility index (Phi) is 6.89. The summed E-state index contributed by atoms with van der Waals surface area (Å²) in [7, 11) is 0. The summed E-state index contributed by atoms with van der Waals surface area (Å²) in [4.78, 5) is 13.3. The molecule has 0 aliphatic rings. The number of carbonyl (C=O) groups is 1. The highest BCUT2D eigenvalue weighted by Gasteiger charge is 2.20. The molecule has 3 nitrogen and oxygen atoms in total. The molecule has 0 saturated carbocycles. The minimum Gasteiger partial charge on any atom is -0.342 e. The van der Waals surface area contributed by atoms with Crippen LogP contribution in [0.3, 0.4) is 0 Å². The van der Waals surface area contributed by atoms with Gasteiger partial charge in [0.25, 0.3) is 0 Å². The predicted molar refractivity (Wildman–Crippen MR) is 99.6 cm³/mol. The average molecular weight is 338 g/mol. The highest BCUT2D eigenvalue weighted by molar-refractivity contribution is 8.00. The number of hydrogen-bond donors (Lipinski definition) is 1. The second-order valence-corrected chi connectivity index (χ2v) is 7.28. The molecule has 2 aromatic rings. The lowest BCUT2D eigenvalue weighted by Gasteiger charge is -2.17. The lowest BCUT2D eigenvalue weighted by Crippen LogP contribution is -2.33. The van der Waals surface area contributed by atoms with Gasteiger partial charge in [0, 0.05) is 4.90 Å². The molecule has 0 saturated heterocycles. The lowest BCUT2D eigenvalue weighted by atomic mass is 10.1. The highest BCUT2D eigenvalue weighted by Crippen LogP contribution is 2.30. The van der Waals surface area contributed by atoms with Gasteiger partial charge in [-0.1, -0.05) is 56.3 Å². The second-order valence-electron chi connectivity index (χ2n) is 6.00. The van der Waals surface area contributed by atoms with Crippen LogP contribution in [-0.2, 0) is 4.79 Å². The minimum absolute atomic E-state index is 0.0565. The van der Waals surface area contributed by atoms with Gasteiger partial charge in [-0.2, -0.15) is 5.26 Å². The van der Waals surface area contributed by atoms with Crippen molar-refractivity contribution in [1.29, 1.82) is 5.26 Å². The first kappa shape index (κ1) is 18.1. The number of nitriles is 1. The number of benzene rings is 2. The minimum atomic E-state index is -0.180. The number of nitrogens with zero attached hydrogens (tertiary/aromatic N) is 1. The van der Waals surface area contributed by atoms with Crippen molar-refractivity contribution in [2.24, 2.45) is 5.92 Å². The van der Waals surface area contributed by atoms with Crippen molar-refractivity contribution < 1.29 is 4.79 Å². The normalized spacial score (nSPS) is 11.8. The molecule has 0 spiro atoms. The maximum Gasteiger partial charge on any atom is 0.234 e. The Balaban J connectivity index is 2.08. The Morgan fingerprint density at radius 2 is 1.71 bits per heavy atom. The fourth-order valence-electron chi connectivity index (χ4n) is 2.40. The second kappa shape index (κ2) is 9.14. The zero-order chi connectivity index (χ0) is 17.4. The molecule has 0 bridgehead atoms. The van der Waals surface area contributed by atoms with E-state index in [9.17, 15) is 4.79 Å². The fraction of sp³-hybridized carbons (Fsp3) is 0.300. The molecule has 0 heterocycles. The molecule has 1 atom stereocenters. The first-order valence-electron chi connectivity index (χ1n) is 8.07. The summed E-state index contributed by atoms with van der Waals surface area (Å²) in [5.74, 6) is 0.348. The number of rotatable bonds is 7. The Hall–Kier alpha value is -2.25. The van der Waals surface area contributed by atoms with Crippen molar-refractivity contribution in [3.05, 3.63) is 54.6 Å². The molecule has 124 valence electrons. The molecule has 24 heavy (non-hydrogen) atoms. The van der Waals surface area contributed by atoms with E-state index in [2.05, 4.69) is 55.6 Å². The first-order chi connectivity index (χ1) is 11.6. The molecule has 0 radical (unpaired) electrons. The number of hydrogen-bond acceptors (Lipinski definition) is 3. The van der Waals surface area contributed by atoms with Crippen LogP contribution in [-0.4, -0.2) is 17.7 Å². The van der Waals surface area contributed by atoms with Crippen LogP contribution in [0.2, 0.25) is 0 Å². The van der Waals surface area contributed by atoms with E-state index < -0.39 is 0 Å². The van der Waals surface area contributed by atoms with Crippen LogP contribution in [0, 0.1) is 17.2 Å². The zero-order valence-corrected chi connectivity index (χ0v) is 14.8. The Bertz CT molecular complexity index is 690. The third-order valence-electron chi connectivity index (χ3n) is 3.56. The molecular formula is C20H22N2OS. The SMILES string of the molecule is CC(C)CC(Sc1ccc(-c2ccccc2)cc1)C(=O)NCC#N. The molecule has 0 aromatic heterocycles. The molecule has 1 amide bonds. The quantitative estimate of drug-likeness (QED) is 0.597. The van der Waals surface area contributed by atoms with Crippen LogP contribution in [0.4, 0.5) is 0 Å². The summed E-state index contributed by atoms with van der Waals surface area (Å²) >= 11 is 1.56. The third kappa shape index (κ3) is 5.43. The van der Waals surface area contributed by atoms with Crippen molar-refractivity contribution in [1.82, 2.24) is 5.32 Å². The van der Waals surface area contributed by atoms with Gasteiger partial charge in [-0.05, 0) is 35.6 Å². The molecule has 0 aliphatic carbocycles. The lowest BCUT2D eigenvalue weighted by molar-refractivity contribution is -0.120. The van der Waals surface area contributed by atoms with Gasteiger partial charge in [-0.15, -0.1) is 11.8 Å². The monoisotopic (exact) mass is 338 g/mol. The van der Waals surface area contributed by atoms with Crippen molar-refractivity contribution in [3.8, 4) is 17.2 Å². The molecule has 1 unspecified atom stereocenters. The van der Waals surface area contributed by atoms with Gasteiger partial charge < -0.3 is 5.32 Å². The van der Waals surface area contributed by atoms with Gasteiger partial charge in [0.05, 0.1) is 11.3 Å². The van der Waals surface area contributed by atoms with Crippen LogP contribution in [0.25, 0.3) is 11.1 Å². The predicted octanol–water partition coefficient (Wildman–Crippen LogP) is 4.50. The zero-order valence-electron chi connectivity index (χ0n) is 14.0.